The number of aryl methyl sites for hydroxylation is 3. The zero-order valence-corrected chi connectivity index (χ0v) is 12.5. The van der Waals surface area contributed by atoms with Gasteiger partial charge in [0.25, 0.3) is 10.0 Å². The van der Waals surface area contributed by atoms with Gasteiger partial charge in [-0.15, -0.1) is 0 Å². The van der Waals surface area contributed by atoms with Crippen LogP contribution in [-0.2, 0) is 17.1 Å². The lowest BCUT2D eigenvalue weighted by Gasteiger charge is -2.08. The van der Waals surface area contributed by atoms with E-state index in [4.69, 9.17) is 5.73 Å². The van der Waals surface area contributed by atoms with Crippen LogP contribution in [0.5, 0.6) is 0 Å². The van der Waals surface area contributed by atoms with Crippen LogP contribution >= 0.6 is 0 Å². The third kappa shape index (κ3) is 2.57. The van der Waals surface area contributed by atoms with Crippen LogP contribution in [0.3, 0.4) is 0 Å². The van der Waals surface area contributed by atoms with Gasteiger partial charge < -0.3 is 5.73 Å². The first-order valence-corrected chi connectivity index (χ1v) is 7.33. The Morgan fingerprint density at radius 3 is 2.20 bits per heavy atom. The van der Waals surface area contributed by atoms with Crippen molar-refractivity contribution in [3.63, 3.8) is 0 Å². The van der Waals surface area contributed by atoms with Gasteiger partial charge in [-0.05, 0) is 26.8 Å². The minimum Gasteiger partial charge on any atom is -0.381 e. The monoisotopic (exact) mass is 296 g/mol. The number of hydrogen-bond acceptors (Lipinski definition) is 6. The lowest BCUT2D eigenvalue weighted by atomic mass is 10.4. The lowest BCUT2D eigenvalue weighted by Crippen LogP contribution is -2.17. The Bertz CT molecular complexity index is 745. The molecule has 0 spiro atoms. The maximum absolute atomic E-state index is 12.4. The molecule has 0 fully saturated rings. The molecule has 0 radical (unpaired) electrons. The molecule has 0 atom stereocenters. The van der Waals surface area contributed by atoms with Gasteiger partial charge in [0.05, 0.1) is 5.69 Å². The minimum atomic E-state index is -3.87. The molecule has 0 aliphatic rings. The van der Waals surface area contributed by atoms with Crippen molar-refractivity contribution < 1.29 is 8.42 Å². The Kier molecular flexibility index (Phi) is 3.38. The van der Waals surface area contributed by atoms with Gasteiger partial charge in [0, 0.05) is 18.4 Å². The van der Waals surface area contributed by atoms with Gasteiger partial charge in [-0.3, -0.25) is 4.68 Å². The molecule has 0 bridgehead atoms. The van der Waals surface area contributed by atoms with E-state index in [1.165, 1.54) is 4.68 Å². The van der Waals surface area contributed by atoms with Gasteiger partial charge in [0.15, 0.2) is 10.7 Å². The first-order valence-electron chi connectivity index (χ1n) is 5.85. The van der Waals surface area contributed by atoms with Gasteiger partial charge in [-0.25, -0.2) is 23.1 Å². The van der Waals surface area contributed by atoms with E-state index >= 15 is 0 Å². The molecule has 3 N–H and O–H groups in total. The molecule has 2 aromatic rings. The van der Waals surface area contributed by atoms with Crippen molar-refractivity contribution in [3.8, 4) is 0 Å². The third-order valence-electron chi connectivity index (χ3n) is 2.78. The van der Waals surface area contributed by atoms with E-state index in [0.717, 1.165) is 0 Å². The molecule has 2 aromatic heterocycles. The van der Waals surface area contributed by atoms with E-state index in [1.54, 1.807) is 33.9 Å². The van der Waals surface area contributed by atoms with Crippen LogP contribution in [-0.4, -0.2) is 28.2 Å². The zero-order valence-electron chi connectivity index (χ0n) is 11.7. The summed E-state index contributed by atoms with van der Waals surface area (Å²) in [6.07, 6.45) is 0. The van der Waals surface area contributed by atoms with Crippen LogP contribution < -0.4 is 10.5 Å². The molecular formula is C11H16N6O2S. The molecule has 0 amide bonds. The van der Waals surface area contributed by atoms with Crippen molar-refractivity contribution in [2.24, 2.45) is 7.05 Å². The fourth-order valence-electron chi connectivity index (χ4n) is 1.89. The highest BCUT2D eigenvalue weighted by Gasteiger charge is 2.25. The number of nitrogens with one attached hydrogen (secondary N) is 1. The van der Waals surface area contributed by atoms with E-state index in [9.17, 15) is 8.42 Å². The van der Waals surface area contributed by atoms with Crippen molar-refractivity contribution in [2.75, 3.05) is 10.5 Å². The quantitative estimate of drug-likeness (QED) is 0.853. The summed E-state index contributed by atoms with van der Waals surface area (Å²) in [4.78, 5) is 8.03. The van der Waals surface area contributed by atoms with Gasteiger partial charge in [-0.2, -0.15) is 5.10 Å². The standard InChI is InChI=1S/C11H16N6O2S/c1-6-5-7(2)14-11(13-6)16-20(18,19)9-8(3)17(4)15-10(9)12/h5H,1-4H3,(H2,12,15)(H,13,14,16). The van der Waals surface area contributed by atoms with Gasteiger partial charge >= 0.3 is 0 Å². The second kappa shape index (κ2) is 4.75. The smallest absolute Gasteiger partial charge is 0.269 e. The van der Waals surface area contributed by atoms with Crippen LogP contribution in [0.15, 0.2) is 11.0 Å². The summed E-state index contributed by atoms with van der Waals surface area (Å²) in [6.45, 7) is 5.15. The number of hydrogen-bond donors (Lipinski definition) is 2. The average Bonchev–Trinajstić information content (AvgIpc) is 2.50. The van der Waals surface area contributed by atoms with E-state index < -0.39 is 10.0 Å². The number of rotatable bonds is 3. The van der Waals surface area contributed by atoms with Crippen LogP contribution in [0.25, 0.3) is 0 Å². The topological polar surface area (TPSA) is 116 Å². The number of aromatic nitrogens is 4. The molecule has 0 aliphatic carbocycles. The summed E-state index contributed by atoms with van der Waals surface area (Å²) in [5, 5.41) is 3.89. The Morgan fingerprint density at radius 2 is 1.75 bits per heavy atom. The molecule has 8 nitrogen and oxygen atoms in total. The third-order valence-corrected chi connectivity index (χ3v) is 4.27. The predicted octanol–water partition coefficient (Wildman–Crippen LogP) is 0.518. The fourth-order valence-corrected chi connectivity index (χ4v) is 3.16. The van der Waals surface area contributed by atoms with Gasteiger partial charge in [-0.1, -0.05) is 0 Å². The summed E-state index contributed by atoms with van der Waals surface area (Å²) in [5.41, 5.74) is 7.44. The predicted molar refractivity (Wildman–Crippen MR) is 74.7 cm³/mol. The number of nitrogen functional groups attached to an aromatic ring is 1. The molecule has 0 unspecified atom stereocenters. The molecule has 0 saturated heterocycles. The van der Waals surface area contributed by atoms with Gasteiger partial charge in [0.2, 0.25) is 5.95 Å². The molecule has 0 saturated carbocycles. The number of anilines is 2. The van der Waals surface area contributed by atoms with Crippen molar-refractivity contribution in [1.29, 1.82) is 0 Å². The highest BCUT2D eigenvalue weighted by Crippen LogP contribution is 2.23. The van der Waals surface area contributed by atoms with Crippen molar-refractivity contribution >= 4 is 21.8 Å². The van der Waals surface area contributed by atoms with E-state index in [0.29, 0.717) is 17.1 Å². The summed E-state index contributed by atoms with van der Waals surface area (Å²) in [6, 6.07) is 1.75. The van der Waals surface area contributed by atoms with Crippen LogP contribution in [0.4, 0.5) is 11.8 Å². The second-order valence-corrected chi connectivity index (χ2v) is 6.12. The normalized spacial score (nSPS) is 11.6. The van der Waals surface area contributed by atoms with Crippen LogP contribution in [0.1, 0.15) is 17.1 Å². The highest BCUT2D eigenvalue weighted by atomic mass is 32.2. The molecule has 0 aromatic carbocycles. The van der Waals surface area contributed by atoms with Gasteiger partial charge in [0.1, 0.15) is 0 Å². The van der Waals surface area contributed by atoms with Crippen molar-refractivity contribution in [2.45, 2.75) is 25.7 Å². The van der Waals surface area contributed by atoms with Crippen LogP contribution in [0, 0.1) is 20.8 Å². The molecule has 108 valence electrons. The highest BCUT2D eigenvalue weighted by molar-refractivity contribution is 7.93. The number of sulfonamides is 1. The first kappa shape index (κ1) is 14.3. The number of nitrogens with zero attached hydrogens (tertiary/aromatic N) is 4. The summed E-state index contributed by atoms with van der Waals surface area (Å²) >= 11 is 0. The molecule has 2 rings (SSSR count). The second-order valence-electron chi connectivity index (χ2n) is 4.50. The lowest BCUT2D eigenvalue weighted by molar-refractivity contribution is 0.600. The Balaban J connectivity index is 2.46. The molecule has 0 aliphatic heterocycles. The van der Waals surface area contributed by atoms with E-state index in [1.807, 2.05) is 0 Å². The maximum atomic E-state index is 12.4. The number of nitrogens with two attached hydrogens (primary N) is 1. The Hall–Kier alpha value is -2.16. The van der Waals surface area contributed by atoms with E-state index in [-0.39, 0.29) is 16.7 Å². The molecule has 20 heavy (non-hydrogen) atoms. The maximum Gasteiger partial charge on any atom is 0.269 e. The first-order chi connectivity index (χ1) is 9.20. The fraction of sp³-hybridized carbons (Fsp3) is 0.364. The summed E-state index contributed by atoms with van der Waals surface area (Å²) in [5.74, 6) is -0.0352. The largest absolute Gasteiger partial charge is 0.381 e. The summed E-state index contributed by atoms with van der Waals surface area (Å²) in [7, 11) is -2.25. The average molecular weight is 296 g/mol. The Morgan fingerprint density at radius 1 is 1.20 bits per heavy atom. The van der Waals surface area contributed by atoms with Crippen LogP contribution in [0.2, 0.25) is 0 Å². The Labute approximate surface area is 117 Å². The van der Waals surface area contributed by atoms with Crippen molar-refractivity contribution in [3.05, 3.63) is 23.1 Å². The molecule has 9 heteroatoms. The van der Waals surface area contributed by atoms with E-state index in [2.05, 4.69) is 19.8 Å². The van der Waals surface area contributed by atoms with Crippen molar-refractivity contribution in [1.82, 2.24) is 19.7 Å². The molecular weight excluding hydrogens is 280 g/mol. The SMILES string of the molecule is Cc1cc(C)nc(NS(=O)(=O)c2c(N)nn(C)c2C)n1. The minimum absolute atomic E-state index is 0.0187. The zero-order chi connectivity index (χ0) is 15.1. The molecule has 2 heterocycles. The summed E-state index contributed by atoms with van der Waals surface area (Å²) < 4.78 is 28.4.